The zero-order valence-corrected chi connectivity index (χ0v) is 25.3. The molecule has 0 atom stereocenters. The molecule has 7 aromatic carbocycles. The van der Waals surface area contributed by atoms with E-state index in [-0.39, 0.29) is 0 Å². The SMILES string of the molecule is c1ccc(-c2ccc(-c3c4ccccc4cc4c3oc3cc(-c5nc(-c6ccccc6)nc(-c6ccccc6)n5)ccc34)cc2)cc1. The summed E-state index contributed by atoms with van der Waals surface area (Å²) in [6.07, 6.45) is 0. The lowest BCUT2D eigenvalue weighted by Crippen LogP contribution is -2.00. The van der Waals surface area contributed by atoms with E-state index in [1.54, 1.807) is 0 Å². The fourth-order valence-corrected chi connectivity index (χ4v) is 6.40. The van der Waals surface area contributed by atoms with Crippen LogP contribution >= 0.6 is 0 Å². The summed E-state index contributed by atoms with van der Waals surface area (Å²) in [6.45, 7) is 0. The Morgan fingerprint density at radius 1 is 0.340 bits per heavy atom. The van der Waals surface area contributed by atoms with Gasteiger partial charge in [0, 0.05) is 33.0 Å². The van der Waals surface area contributed by atoms with Gasteiger partial charge in [0.1, 0.15) is 11.2 Å². The lowest BCUT2D eigenvalue weighted by molar-refractivity contribution is 0.670. The van der Waals surface area contributed by atoms with Crippen molar-refractivity contribution in [3.8, 4) is 56.4 Å². The van der Waals surface area contributed by atoms with Crippen molar-refractivity contribution in [3.05, 3.63) is 164 Å². The molecule has 0 aliphatic carbocycles. The molecule has 2 aromatic heterocycles. The predicted molar refractivity (Wildman–Crippen MR) is 192 cm³/mol. The third-order valence-electron chi connectivity index (χ3n) is 8.72. The van der Waals surface area contributed by atoms with Crippen molar-refractivity contribution < 1.29 is 4.42 Å². The first-order valence-corrected chi connectivity index (χ1v) is 15.7. The number of rotatable bonds is 5. The van der Waals surface area contributed by atoms with Crippen LogP contribution in [0.4, 0.5) is 0 Å². The van der Waals surface area contributed by atoms with E-state index in [2.05, 4.69) is 97.1 Å². The quantitative estimate of drug-likeness (QED) is 0.197. The lowest BCUT2D eigenvalue weighted by atomic mass is 9.94. The van der Waals surface area contributed by atoms with Gasteiger partial charge in [-0.25, -0.2) is 15.0 Å². The maximum Gasteiger partial charge on any atom is 0.164 e. The number of hydrogen-bond acceptors (Lipinski definition) is 4. The fraction of sp³-hybridized carbons (Fsp3) is 0. The van der Waals surface area contributed by atoms with Crippen LogP contribution < -0.4 is 0 Å². The molecule has 9 aromatic rings. The second-order valence-electron chi connectivity index (χ2n) is 11.6. The smallest absolute Gasteiger partial charge is 0.164 e. The Morgan fingerprint density at radius 3 is 1.47 bits per heavy atom. The molecule has 0 aliphatic rings. The van der Waals surface area contributed by atoms with Crippen molar-refractivity contribution in [2.75, 3.05) is 0 Å². The third-order valence-corrected chi connectivity index (χ3v) is 8.72. The van der Waals surface area contributed by atoms with Gasteiger partial charge in [-0.15, -0.1) is 0 Å². The van der Waals surface area contributed by atoms with Crippen LogP contribution in [-0.4, -0.2) is 15.0 Å². The largest absolute Gasteiger partial charge is 0.455 e. The van der Waals surface area contributed by atoms with Crippen LogP contribution in [0.25, 0.3) is 89.1 Å². The molecule has 0 fully saturated rings. The zero-order valence-electron chi connectivity index (χ0n) is 25.3. The van der Waals surface area contributed by atoms with Crippen LogP contribution in [0.3, 0.4) is 0 Å². The maximum absolute atomic E-state index is 6.78. The molecule has 0 radical (unpaired) electrons. The summed E-state index contributed by atoms with van der Waals surface area (Å²) in [5, 5.41) is 4.46. The minimum atomic E-state index is 0.599. The molecule has 9 rings (SSSR count). The van der Waals surface area contributed by atoms with Gasteiger partial charge < -0.3 is 4.42 Å². The monoisotopic (exact) mass is 601 g/mol. The van der Waals surface area contributed by atoms with Gasteiger partial charge in [0.15, 0.2) is 17.5 Å². The van der Waals surface area contributed by atoms with E-state index in [1.165, 1.54) is 16.5 Å². The Kier molecular flexibility index (Phi) is 6.43. The number of fused-ring (bicyclic) bond motifs is 4. The van der Waals surface area contributed by atoms with E-state index >= 15 is 0 Å². The van der Waals surface area contributed by atoms with E-state index in [1.807, 2.05) is 66.7 Å². The van der Waals surface area contributed by atoms with E-state index in [0.29, 0.717) is 17.5 Å². The Labute approximate surface area is 271 Å². The first-order valence-electron chi connectivity index (χ1n) is 15.7. The second kappa shape index (κ2) is 11.2. The highest BCUT2D eigenvalue weighted by Gasteiger charge is 2.18. The van der Waals surface area contributed by atoms with Crippen molar-refractivity contribution in [2.45, 2.75) is 0 Å². The van der Waals surface area contributed by atoms with Crippen molar-refractivity contribution in [1.29, 1.82) is 0 Å². The molecule has 2 heterocycles. The summed E-state index contributed by atoms with van der Waals surface area (Å²) >= 11 is 0. The van der Waals surface area contributed by atoms with Gasteiger partial charge >= 0.3 is 0 Å². The molecular weight excluding hydrogens is 574 g/mol. The van der Waals surface area contributed by atoms with Crippen LogP contribution in [0.5, 0.6) is 0 Å². The number of furan rings is 1. The topological polar surface area (TPSA) is 51.8 Å². The highest BCUT2D eigenvalue weighted by molar-refractivity contribution is 6.18. The van der Waals surface area contributed by atoms with Gasteiger partial charge in [0.05, 0.1) is 0 Å². The number of hydrogen-bond donors (Lipinski definition) is 0. The van der Waals surface area contributed by atoms with Gasteiger partial charge in [-0.3, -0.25) is 0 Å². The average Bonchev–Trinajstić information content (AvgIpc) is 3.52. The van der Waals surface area contributed by atoms with Crippen LogP contribution in [0, 0.1) is 0 Å². The fourth-order valence-electron chi connectivity index (χ4n) is 6.40. The molecule has 47 heavy (non-hydrogen) atoms. The molecule has 0 aliphatic heterocycles. The molecule has 0 amide bonds. The van der Waals surface area contributed by atoms with E-state index in [9.17, 15) is 0 Å². The summed E-state index contributed by atoms with van der Waals surface area (Å²) < 4.78 is 6.78. The van der Waals surface area contributed by atoms with Crippen molar-refractivity contribution in [1.82, 2.24) is 15.0 Å². The molecular formula is C43H27N3O. The number of benzene rings is 7. The summed E-state index contributed by atoms with van der Waals surface area (Å²) in [7, 11) is 0. The minimum absolute atomic E-state index is 0.599. The Hall–Kier alpha value is -6.39. The number of aromatic nitrogens is 3. The van der Waals surface area contributed by atoms with Gasteiger partial charge in [-0.1, -0.05) is 146 Å². The van der Waals surface area contributed by atoms with Crippen molar-refractivity contribution >= 4 is 32.7 Å². The first-order chi connectivity index (χ1) is 23.3. The van der Waals surface area contributed by atoms with Crippen LogP contribution in [0.1, 0.15) is 0 Å². The maximum atomic E-state index is 6.78. The van der Waals surface area contributed by atoms with Crippen LogP contribution in [0.15, 0.2) is 168 Å². The average molecular weight is 602 g/mol. The highest BCUT2D eigenvalue weighted by atomic mass is 16.3. The summed E-state index contributed by atoms with van der Waals surface area (Å²) in [4.78, 5) is 14.7. The highest BCUT2D eigenvalue weighted by Crippen LogP contribution is 2.42. The Morgan fingerprint density at radius 2 is 0.830 bits per heavy atom. The number of nitrogens with zero attached hydrogens (tertiary/aromatic N) is 3. The van der Waals surface area contributed by atoms with Crippen LogP contribution in [-0.2, 0) is 0 Å². The first kappa shape index (κ1) is 27.0. The molecule has 0 N–H and O–H groups in total. The Bertz CT molecular complexity index is 2480. The van der Waals surface area contributed by atoms with E-state index in [0.717, 1.165) is 55.1 Å². The molecule has 220 valence electrons. The molecule has 4 nitrogen and oxygen atoms in total. The van der Waals surface area contributed by atoms with Gasteiger partial charge in [-0.05, 0) is 45.7 Å². The van der Waals surface area contributed by atoms with Gasteiger partial charge in [-0.2, -0.15) is 0 Å². The predicted octanol–water partition coefficient (Wildman–Crippen LogP) is 11.3. The van der Waals surface area contributed by atoms with E-state index < -0.39 is 0 Å². The third kappa shape index (κ3) is 4.84. The summed E-state index contributed by atoms with van der Waals surface area (Å²) in [5.74, 6) is 1.86. The lowest BCUT2D eigenvalue weighted by Gasteiger charge is -2.10. The molecule has 0 unspecified atom stereocenters. The second-order valence-corrected chi connectivity index (χ2v) is 11.6. The summed E-state index contributed by atoms with van der Waals surface area (Å²) in [5.41, 5.74) is 8.99. The Balaban J connectivity index is 1.22. The normalized spacial score (nSPS) is 11.4. The van der Waals surface area contributed by atoms with E-state index in [4.69, 9.17) is 19.4 Å². The van der Waals surface area contributed by atoms with Crippen molar-refractivity contribution in [2.24, 2.45) is 0 Å². The molecule has 4 heteroatoms. The van der Waals surface area contributed by atoms with Crippen molar-refractivity contribution in [3.63, 3.8) is 0 Å². The standard InChI is InChI=1S/C43H27N3O/c1-4-12-28(13-5-1)29-20-22-30(23-21-29)39-35-19-11-10-18-33(35)26-37-36-25-24-34(27-38(36)47-40(37)39)43-45-41(31-14-6-2-7-15-31)44-42(46-43)32-16-8-3-9-17-32/h1-27H. The minimum Gasteiger partial charge on any atom is -0.455 e. The van der Waals surface area contributed by atoms with Gasteiger partial charge in [0.2, 0.25) is 0 Å². The van der Waals surface area contributed by atoms with Crippen LogP contribution in [0.2, 0.25) is 0 Å². The molecule has 0 saturated heterocycles. The molecule has 0 saturated carbocycles. The summed E-state index contributed by atoms with van der Waals surface area (Å²) in [6, 6.07) is 56.3. The molecule has 0 bridgehead atoms. The zero-order chi connectivity index (χ0) is 31.2. The van der Waals surface area contributed by atoms with Gasteiger partial charge in [0.25, 0.3) is 0 Å². The molecule has 0 spiro atoms.